The van der Waals surface area contributed by atoms with Crippen LogP contribution in [-0.2, 0) is 6.54 Å². The lowest BCUT2D eigenvalue weighted by Crippen LogP contribution is -2.04. The smallest absolute Gasteiger partial charge is 0.255 e. The van der Waals surface area contributed by atoms with Gasteiger partial charge in [0.1, 0.15) is 0 Å². The maximum Gasteiger partial charge on any atom is 0.255 e. The van der Waals surface area contributed by atoms with Crippen molar-refractivity contribution in [2.45, 2.75) is 13.5 Å². The molecule has 2 aromatic heterocycles. The molecule has 0 radical (unpaired) electrons. The van der Waals surface area contributed by atoms with E-state index in [2.05, 4.69) is 15.3 Å². The molecular formula is C11H12FN3OS. The summed E-state index contributed by atoms with van der Waals surface area (Å²) in [7, 11) is 1.37. The third kappa shape index (κ3) is 2.91. The third-order valence-corrected chi connectivity index (χ3v) is 3.12. The number of nitrogens with one attached hydrogen (secondary N) is 1. The van der Waals surface area contributed by atoms with Crippen LogP contribution in [0.25, 0.3) is 0 Å². The molecule has 0 aliphatic rings. The Bertz CT molecular complexity index is 515. The summed E-state index contributed by atoms with van der Waals surface area (Å²) in [6.07, 6.45) is 1.09. The fourth-order valence-electron chi connectivity index (χ4n) is 1.33. The lowest BCUT2D eigenvalue weighted by Gasteiger charge is -2.05. The van der Waals surface area contributed by atoms with Crippen LogP contribution in [0.1, 0.15) is 9.75 Å². The minimum atomic E-state index is -0.565. The van der Waals surface area contributed by atoms with Gasteiger partial charge in [-0.25, -0.2) is 4.98 Å². The molecule has 0 amide bonds. The van der Waals surface area contributed by atoms with E-state index in [1.54, 1.807) is 11.3 Å². The second-order valence-corrected chi connectivity index (χ2v) is 4.79. The van der Waals surface area contributed by atoms with Gasteiger partial charge in [0.2, 0.25) is 11.8 Å². The van der Waals surface area contributed by atoms with Crippen molar-refractivity contribution in [2.24, 2.45) is 0 Å². The Morgan fingerprint density at radius 2 is 2.29 bits per heavy atom. The topological polar surface area (TPSA) is 47.0 Å². The Morgan fingerprint density at radius 3 is 2.94 bits per heavy atom. The quantitative estimate of drug-likeness (QED) is 0.909. The highest BCUT2D eigenvalue weighted by Gasteiger charge is 2.06. The maximum atomic E-state index is 13.1. The standard InChI is InChI=1S/C11H12FN3OS/c1-7-3-4-8(17-7)5-13-11-14-6-9(12)10(15-11)16-2/h3-4,6H,5H2,1-2H3,(H,13,14,15). The van der Waals surface area contributed by atoms with Crippen LogP contribution in [0.3, 0.4) is 0 Å². The van der Waals surface area contributed by atoms with E-state index in [9.17, 15) is 4.39 Å². The molecule has 0 unspecified atom stereocenters. The Kier molecular flexibility index (Phi) is 3.53. The van der Waals surface area contributed by atoms with Gasteiger partial charge in [-0.2, -0.15) is 9.37 Å². The molecule has 2 aromatic rings. The summed E-state index contributed by atoms with van der Waals surface area (Å²) >= 11 is 1.70. The number of thiophene rings is 1. The molecule has 0 aliphatic heterocycles. The van der Waals surface area contributed by atoms with Crippen LogP contribution in [0.2, 0.25) is 0 Å². The van der Waals surface area contributed by atoms with Crippen molar-refractivity contribution in [1.82, 2.24) is 9.97 Å². The Hall–Kier alpha value is -1.69. The summed E-state index contributed by atoms with van der Waals surface area (Å²) < 4.78 is 17.8. The van der Waals surface area contributed by atoms with Gasteiger partial charge in [0.05, 0.1) is 19.9 Å². The van der Waals surface area contributed by atoms with Gasteiger partial charge in [0.15, 0.2) is 0 Å². The van der Waals surface area contributed by atoms with Crippen LogP contribution in [0.4, 0.5) is 10.3 Å². The molecule has 0 bridgehead atoms. The average Bonchev–Trinajstić information content (AvgIpc) is 2.74. The van der Waals surface area contributed by atoms with E-state index in [1.807, 2.05) is 19.1 Å². The molecule has 0 saturated carbocycles. The molecular weight excluding hydrogens is 241 g/mol. The van der Waals surface area contributed by atoms with E-state index in [-0.39, 0.29) is 5.88 Å². The van der Waals surface area contributed by atoms with Gasteiger partial charge in [-0.3, -0.25) is 0 Å². The lowest BCUT2D eigenvalue weighted by atomic mass is 10.4. The molecule has 17 heavy (non-hydrogen) atoms. The van der Waals surface area contributed by atoms with Crippen molar-refractivity contribution in [3.8, 4) is 5.88 Å². The normalized spacial score (nSPS) is 10.3. The van der Waals surface area contributed by atoms with Crippen LogP contribution in [-0.4, -0.2) is 17.1 Å². The monoisotopic (exact) mass is 253 g/mol. The van der Waals surface area contributed by atoms with Crippen molar-refractivity contribution < 1.29 is 9.13 Å². The van der Waals surface area contributed by atoms with Gasteiger partial charge in [0.25, 0.3) is 5.88 Å². The molecule has 0 fully saturated rings. The van der Waals surface area contributed by atoms with Crippen LogP contribution in [0.5, 0.6) is 5.88 Å². The summed E-state index contributed by atoms with van der Waals surface area (Å²) in [6, 6.07) is 4.08. The summed E-state index contributed by atoms with van der Waals surface area (Å²) in [5, 5.41) is 3.02. The lowest BCUT2D eigenvalue weighted by molar-refractivity contribution is 0.368. The molecule has 0 aliphatic carbocycles. The van der Waals surface area contributed by atoms with Crippen LogP contribution in [0.15, 0.2) is 18.3 Å². The second-order valence-electron chi connectivity index (χ2n) is 3.42. The number of methoxy groups -OCH3 is 1. The maximum absolute atomic E-state index is 13.1. The summed E-state index contributed by atoms with van der Waals surface area (Å²) in [5.74, 6) is -0.260. The Morgan fingerprint density at radius 1 is 1.47 bits per heavy atom. The van der Waals surface area contributed by atoms with E-state index >= 15 is 0 Å². The molecule has 6 heteroatoms. The van der Waals surface area contributed by atoms with E-state index in [4.69, 9.17) is 4.74 Å². The van der Waals surface area contributed by atoms with Crippen molar-refractivity contribution >= 4 is 17.3 Å². The zero-order chi connectivity index (χ0) is 12.3. The van der Waals surface area contributed by atoms with Gasteiger partial charge >= 0.3 is 0 Å². The SMILES string of the molecule is COc1nc(NCc2ccc(C)s2)ncc1F. The van der Waals surface area contributed by atoms with E-state index in [1.165, 1.54) is 16.9 Å². The number of rotatable bonds is 4. The zero-order valence-electron chi connectivity index (χ0n) is 9.53. The molecule has 0 aromatic carbocycles. The minimum Gasteiger partial charge on any atom is -0.479 e. The first-order valence-electron chi connectivity index (χ1n) is 5.05. The number of aryl methyl sites for hydroxylation is 1. The minimum absolute atomic E-state index is 0.0511. The number of ether oxygens (including phenoxy) is 1. The molecule has 0 spiro atoms. The van der Waals surface area contributed by atoms with Gasteiger partial charge < -0.3 is 10.1 Å². The number of anilines is 1. The zero-order valence-corrected chi connectivity index (χ0v) is 10.3. The largest absolute Gasteiger partial charge is 0.479 e. The molecule has 90 valence electrons. The van der Waals surface area contributed by atoms with Crippen LogP contribution >= 0.6 is 11.3 Å². The van der Waals surface area contributed by atoms with Gasteiger partial charge in [0, 0.05) is 9.75 Å². The summed E-state index contributed by atoms with van der Waals surface area (Å²) in [6.45, 7) is 2.67. The molecule has 4 nitrogen and oxygen atoms in total. The molecule has 0 saturated heterocycles. The fourth-order valence-corrected chi connectivity index (χ4v) is 2.16. The van der Waals surface area contributed by atoms with Crippen molar-refractivity contribution in [3.05, 3.63) is 33.9 Å². The van der Waals surface area contributed by atoms with Gasteiger partial charge in [-0.05, 0) is 19.1 Å². The first-order chi connectivity index (χ1) is 8.19. The third-order valence-electron chi connectivity index (χ3n) is 2.12. The van der Waals surface area contributed by atoms with E-state index in [0.29, 0.717) is 12.5 Å². The Balaban J connectivity index is 2.04. The number of aromatic nitrogens is 2. The van der Waals surface area contributed by atoms with Crippen molar-refractivity contribution in [3.63, 3.8) is 0 Å². The summed E-state index contributed by atoms with van der Waals surface area (Å²) in [5.41, 5.74) is 0. The van der Waals surface area contributed by atoms with Gasteiger partial charge in [-0.1, -0.05) is 0 Å². The van der Waals surface area contributed by atoms with Crippen LogP contribution < -0.4 is 10.1 Å². The number of halogens is 1. The predicted octanol–water partition coefficient (Wildman–Crippen LogP) is 2.61. The first-order valence-corrected chi connectivity index (χ1v) is 5.86. The molecule has 1 N–H and O–H groups in total. The second kappa shape index (κ2) is 5.09. The predicted molar refractivity (Wildman–Crippen MR) is 64.9 cm³/mol. The summed E-state index contributed by atoms with van der Waals surface area (Å²) in [4.78, 5) is 10.2. The molecule has 2 rings (SSSR count). The van der Waals surface area contributed by atoms with Crippen LogP contribution in [0, 0.1) is 12.7 Å². The van der Waals surface area contributed by atoms with Crippen molar-refractivity contribution in [2.75, 3.05) is 12.4 Å². The van der Waals surface area contributed by atoms with E-state index < -0.39 is 5.82 Å². The molecule has 0 atom stereocenters. The first kappa shape index (κ1) is 11.8. The van der Waals surface area contributed by atoms with Crippen molar-refractivity contribution in [1.29, 1.82) is 0 Å². The fraction of sp³-hybridized carbons (Fsp3) is 0.273. The van der Waals surface area contributed by atoms with Gasteiger partial charge in [-0.15, -0.1) is 11.3 Å². The average molecular weight is 253 g/mol. The highest BCUT2D eigenvalue weighted by Crippen LogP contribution is 2.17. The highest BCUT2D eigenvalue weighted by molar-refractivity contribution is 7.11. The van der Waals surface area contributed by atoms with E-state index in [0.717, 1.165) is 6.20 Å². The molecule has 2 heterocycles. The number of hydrogen-bond acceptors (Lipinski definition) is 5. The highest BCUT2D eigenvalue weighted by atomic mass is 32.1. The Labute approximate surface area is 102 Å². The number of nitrogens with zero attached hydrogens (tertiary/aromatic N) is 2. The number of hydrogen-bond donors (Lipinski definition) is 1.